The minimum atomic E-state index is -4.78. The maximum Gasteiger partial charge on any atom is 0.573 e. The number of aryl methyl sites for hydroxylation is 1. The molecule has 0 spiro atoms. The van der Waals surface area contributed by atoms with Crippen LogP contribution in [0.5, 0.6) is 5.75 Å². The number of fused-ring (bicyclic) bond motifs is 1. The van der Waals surface area contributed by atoms with Crippen LogP contribution in [0.15, 0.2) is 85.2 Å². The van der Waals surface area contributed by atoms with Gasteiger partial charge in [-0.2, -0.15) is 13.2 Å². The normalized spacial score (nSPS) is 17.5. The van der Waals surface area contributed by atoms with Crippen molar-refractivity contribution in [1.82, 2.24) is 25.0 Å². The van der Waals surface area contributed by atoms with Crippen molar-refractivity contribution in [3.8, 4) is 16.9 Å². The van der Waals surface area contributed by atoms with Gasteiger partial charge in [0.2, 0.25) is 0 Å². The molecule has 6 rings (SSSR count). The highest BCUT2D eigenvalue weighted by Crippen LogP contribution is 2.35. The lowest BCUT2D eigenvalue weighted by Crippen LogP contribution is -2.53. The van der Waals surface area contributed by atoms with Crippen molar-refractivity contribution < 1.29 is 31.1 Å². The Labute approximate surface area is 294 Å². The van der Waals surface area contributed by atoms with Crippen molar-refractivity contribution in [2.45, 2.75) is 57.0 Å². The van der Waals surface area contributed by atoms with E-state index >= 15 is 0 Å². The zero-order chi connectivity index (χ0) is 36.2. The summed E-state index contributed by atoms with van der Waals surface area (Å²) in [5, 5.41) is 7.73. The minimum absolute atomic E-state index is 0.243. The number of ether oxygens (including phenoxy) is 1. The molecule has 0 aliphatic carbocycles. The third kappa shape index (κ3) is 9.26. The number of nitrogens with two attached hydrogens (primary N) is 1. The van der Waals surface area contributed by atoms with Gasteiger partial charge in [-0.1, -0.05) is 43.0 Å². The first-order valence-electron chi connectivity index (χ1n) is 17.3. The first-order valence-corrected chi connectivity index (χ1v) is 17.3. The zero-order valence-corrected chi connectivity index (χ0v) is 28.4. The quantitative estimate of drug-likeness (QED) is 0.107. The fourth-order valence-corrected chi connectivity index (χ4v) is 7.07. The molecule has 4 aromatic rings. The van der Waals surface area contributed by atoms with Crippen LogP contribution in [0.1, 0.15) is 36.0 Å². The molecule has 0 atom stereocenters. The Hall–Kier alpha value is -4.04. The molecular weight excluding hydrogens is 670 g/mol. The Kier molecular flexibility index (Phi) is 11.0. The van der Waals surface area contributed by atoms with E-state index in [1.165, 1.54) is 18.2 Å². The Balaban J connectivity index is 1.15. The molecular formula is C38H44F6N6O. The van der Waals surface area contributed by atoms with Gasteiger partial charge in [-0.25, -0.2) is 0 Å². The second kappa shape index (κ2) is 15.3. The van der Waals surface area contributed by atoms with Crippen LogP contribution in [0.3, 0.4) is 0 Å². The minimum Gasteiger partial charge on any atom is -0.406 e. The van der Waals surface area contributed by atoms with Crippen LogP contribution in [0, 0.1) is 0 Å². The van der Waals surface area contributed by atoms with E-state index in [4.69, 9.17) is 5.73 Å². The summed E-state index contributed by atoms with van der Waals surface area (Å²) in [5.41, 5.74) is 10.4. The Morgan fingerprint density at radius 2 is 1.55 bits per heavy atom. The van der Waals surface area contributed by atoms with Crippen molar-refractivity contribution in [3.63, 3.8) is 0 Å². The predicted molar refractivity (Wildman–Crippen MR) is 187 cm³/mol. The fourth-order valence-electron chi connectivity index (χ4n) is 7.07. The van der Waals surface area contributed by atoms with Crippen molar-refractivity contribution in [2.75, 3.05) is 45.8 Å². The number of alkyl halides is 6. The van der Waals surface area contributed by atoms with Gasteiger partial charge in [0.25, 0.3) is 0 Å². The van der Waals surface area contributed by atoms with Gasteiger partial charge in [0.05, 0.1) is 11.1 Å². The summed E-state index contributed by atoms with van der Waals surface area (Å²) in [4.78, 5) is 4.34. The summed E-state index contributed by atoms with van der Waals surface area (Å²) in [6.45, 7) is 10.9. The molecule has 2 aliphatic rings. The summed E-state index contributed by atoms with van der Waals surface area (Å²) in [5.74, 6) is -0.283. The fraction of sp³-hybridized carbons (Fsp3) is 0.421. The number of halogens is 6. The number of piperidine rings is 1. The molecule has 2 saturated heterocycles. The number of benzene rings is 3. The molecule has 0 amide bonds. The third-order valence-corrected chi connectivity index (χ3v) is 9.94. The van der Waals surface area contributed by atoms with Gasteiger partial charge in [-0.3, -0.25) is 9.80 Å². The van der Waals surface area contributed by atoms with Crippen LogP contribution < -0.4 is 21.1 Å². The van der Waals surface area contributed by atoms with Crippen LogP contribution in [0.4, 0.5) is 26.3 Å². The van der Waals surface area contributed by atoms with Gasteiger partial charge < -0.3 is 25.7 Å². The van der Waals surface area contributed by atoms with Gasteiger partial charge in [0, 0.05) is 80.7 Å². The molecule has 7 nitrogen and oxygen atoms in total. The average Bonchev–Trinajstić information content (AvgIpc) is 3.45. The van der Waals surface area contributed by atoms with Gasteiger partial charge in [0.1, 0.15) is 5.75 Å². The first-order chi connectivity index (χ1) is 24.3. The number of rotatable bonds is 12. The third-order valence-electron chi connectivity index (χ3n) is 9.94. The molecule has 0 radical (unpaired) electrons. The molecule has 0 bridgehead atoms. The number of nitrogens with one attached hydrogen (secondary N) is 2. The molecule has 0 unspecified atom stereocenters. The molecule has 1 aromatic heterocycles. The molecule has 3 aromatic carbocycles. The Morgan fingerprint density at radius 1 is 0.882 bits per heavy atom. The van der Waals surface area contributed by atoms with E-state index in [1.54, 1.807) is 24.3 Å². The Morgan fingerprint density at radius 3 is 2.22 bits per heavy atom. The molecule has 13 heteroatoms. The largest absolute Gasteiger partial charge is 0.573 e. The van der Waals surface area contributed by atoms with Gasteiger partial charge >= 0.3 is 12.5 Å². The maximum absolute atomic E-state index is 13.5. The first kappa shape index (κ1) is 36.7. The molecule has 2 aliphatic heterocycles. The lowest BCUT2D eigenvalue weighted by molar-refractivity contribution is -0.274. The van der Waals surface area contributed by atoms with E-state index in [1.807, 2.05) is 6.20 Å². The van der Waals surface area contributed by atoms with Crippen LogP contribution in [0.25, 0.3) is 22.0 Å². The summed E-state index contributed by atoms with van der Waals surface area (Å²) in [7, 11) is 0. The average molecular weight is 715 g/mol. The number of nitrogens with zero attached hydrogens (tertiary/aromatic N) is 3. The highest BCUT2D eigenvalue weighted by atomic mass is 19.4. The van der Waals surface area contributed by atoms with E-state index in [2.05, 4.69) is 54.5 Å². The topological polar surface area (TPSA) is 70.7 Å². The second-order valence-electron chi connectivity index (χ2n) is 13.5. The van der Waals surface area contributed by atoms with Crippen molar-refractivity contribution in [1.29, 1.82) is 0 Å². The molecule has 3 heterocycles. The lowest BCUT2D eigenvalue weighted by atomic mass is 9.86. The lowest BCUT2D eigenvalue weighted by Gasteiger charge is -2.36. The van der Waals surface area contributed by atoms with Crippen molar-refractivity contribution >= 4 is 10.9 Å². The monoisotopic (exact) mass is 714 g/mol. The number of hydrogen-bond donors (Lipinski definition) is 3. The highest BCUT2D eigenvalue weighted by molar-refractivity contribution is 5.96. The molecule has 51 heavy (non-hydrogen) atoms. The van der Waals surface area contributed by atoms with Crippen molar-refractivity contribution in [2.24, 2.45) is 5.73 Å². The standard InChI is InChI=1S/C38H44F6N6O/c1-27(36(45)13-16-46-17-14-36)47-15-4-18-50-26-33(29-8-10-31(11-9-29)51-38(42,43)44)32-23-28(7-12-35(32)50)24-48-19-21-49(22-20-48)25-30-5-2-3-6-34(30)37(39,40)41/h2-3,5-12,23,26,46-47H,1,4,13-22,24-25,45H2. The summed E-state index contributed by atoms with van der Waals surface area (Å²) < 4.78 is 85.3. The Bertz CT molecular complexity index is 1790. The number of piperazine rings is 1. The van der Waals surface area contributed by atoms with Gasteiger partial charge in [-0.05, 0) is 79.4 Å². The summed E-state index contributed by atoms with van der Waals surface area (Å²) in [6, 6.07) is 17.9. The highest BCUT2D eigenvalue weighted by Gasteiger charge is 2.34. The smallest absolute Gasteiger partial charge is 0.406 e. The van der Waals surface area contributed by atoms with E-state index < -0.39 is 23.6 Å². The van der Waals surface area contributed by atoms with E-state index in [9.17, 15) is 26.3 Å². The maximum atomic E-state index is 13.5. The van der Waals surface area contributed by atoms with Crippen LogP contribution >= 0.6 is 0 Å². The summed E-state index contributed by atoms with van der Waals surface area (Å²) >= 11 is 0. The number of hydrogen-bond acceptors (Lipinski definition) is 6. The van der Waals surface area contributed by atoms with Gasteiger partial charge in [0.15, 0.2) is 0 Å². The van der Waals surface area contributed by atoms with E-state index in [0.29, 0.717) is 45.8 Å². The molecule has 2 fully saturated rings. The molecule has 4 N–H and O–H groups in total. The number of aromatic nitrogens is 1. The second-order valence-corrected chi connectivity index (χ2v) is 13.5. The zero-order valence-electron chi connectivity index (χ0n) is 28.4. The van der Waals surface area contributed by atoms with Crippen LogP contribution in [-0.4, -0.2) is 72.1 Å². The SMILES string of the molecule is C=C(NCCCn1cc(-c2ccc(OC(F)(F)F)cc2)c2cc(CN3CCN(Cc4ccccc4C(F)(F)F)CC3)ccc21)C1(N)CCNCC1. The predicted octanol–water partition coefficient (Wildman–Crippen LogP) is 7.12. The van der Waals surface area contributed by atoms with Crippen LogP contribution in [0.2, 0.25) is 0 Å². The molecule has 274 valence electrons. The van der Waals surface area contributed by atoms with E-state index in [0.717, 1.165) is 71.7 Å². The van der Waals surface area contributed by atoms with Crippen molar-refractivity contribution in [3.05, 3.63) is 102 Å². The van der Waals surface area contributed by atoms with E-state index in [-0.39, 0.29) is 17.9 Å². The van der Waals surface area contributed by atoms with Gasteiger partial charge in [-0.15, -0.1) is 13.2 Å². The molecule has 0 saturated carbocycles. The summed E-state index contributed by atoms with van der Waals surface area (Å²) in [6.07, 6.45) is -4.67. The van der Waals surface area contributed by atoms with Crippen LogP contribution in [-0.2, 0) is 25.8 Å².